The fourth-order valence-corrected chi connectivity index (χ4v) is 1.44. The van der Waals surface area contributed by atoms with Crippen LogP contribution in [-0.4, -0.2) is 15.2 Å². The lowest BCUT2D eigenvalue weighted by molar-refractivity contribution is 0.627. The number of benzene rings is 1. The summed E-state index contributed by atoms with van der Waals surface area (Å²) < 4.78 is 12.7. The van der Waals surface area contributed by atoms with Crippen molar-refractivity contribution in [2.45, 2.75) is 26.2 Å². The molecule has 0 aliphatic heterocycles. The predicted octanol–water partition coefficient (Wildman–Crippen LogP) is 2.66. The summed E-state index contributed by atoms with van der Waals surface area (Å²) in [6.07, 6.45) is 0.653. The molecule has 4 heteroatoms. The molecule has 0 saturated heterocycles. The minimum Gasteiger partial charge on any atom is -0.263 e. The largest absolute Gasteiger partial charge is 0.263 e. The van der Waals surface area contributed by atoms with Crippen molar-refractivity contribution >= 4 is 0 Å². The van der Waals surface area contributed by atoms with Crippen molar-refractivity contribution < 1.29 is 4.39 Å². The Kier molecular flexibility index (Phi) is 2.99. The van der Waals surface area contributed by atoms with Crippen LogP contribution in [0.1, 0.15) is 37.0 Å². The number of hydrogen-bond acceptors (Lipinski definition) is 2. The molecule has 3 nitrogen and oxygen atoms in total. The normalized spacial score (nSPS) is 11.0. The maximum Gasteiger partial charge on any atom is 0.153 e. The van der Waals surface area contributed by atoms with E-state index >= 15 is 0 Å². The molecule has 1 aromatic carbocycles. The minimum absolute atomic E-state index is 0.218. The molecule has 0 saturated carbocycles. The van der Waals surface area contributed by atoms with Gasteiger partial charge in [0.1, 0.15) is 11.6 Å². The van der Waals surface area contributed by atoms with Crippen molar-refractivity contribution in [3.8, 4) is 0 Å². The zero-order chi connectivity index (χ0) is 11.5. The molecule has 16 heavy (non-hydrogen) atoms. The van der Waals surface area contributed by atoms with Crippen molar-refractivity contribution in [1.29, 1.82) is 0 Å². The fraction of sp³-hybridized carbons (Fsp3) is 0.333. The highest BCUT2D eigenvalue weighted by molar-refractivity contribution is 5.19. The van der Waals surface area contributed by atoms with Crippen LogP contribution in [0.15, 0.2) is 24.3 Å². The summed E-state index contributed by atoms with van der Waals surface area (Å²) in [5.41, 5.74) is 1.02. The molecule has 0 atom stereocenters. The Hall–Kier alpha value is -1.71. The average molecular weight is 219 g/mol. The van der Waals surface area contributed by atoms with Crippen LogP contribution in [0.2, 0.25) is 0 Å². The van der Waals surface area contributed by atoms with E-state index in [9.17, 15) is 4.39 Å². The number of halogens is 1. The summed E-state index contributed by atoms with van der Waals surface area (Å²) in [6.45, 7) is 4.09. The lowest BCUT2D eigenvalue weighted by Gasteiger charge is -1.97. The Balaban J connectivity index is 2.11. The van der Waals surface area contributed by atoms with Gasteiger partial charge < -0.3 is 0 Å². The molecule has 1 heterocycles. The summed E-state index contributed by atoms with van der Waals surface area (Å²) in [6, 6.07) is 6.42. The molecule has 2 rings (SSSR count). The molecule has 84 valence electrons. The first-order chi connectivity index (χ1) is 7.65. The second kappa shape index (κ2) is 4.43. The van der Waals surface area contributed by atoms with Crippen LogP contribution in [-0.2, 0) is 6.42 Å². The van der Waals surface area contributed by atoms with Gasteiger partial charge in [0.25, 0.3) is 0 Å². The Morgan fingerprint density at radius 3 is 2.50 bits per heavy atom. The van der Waals surface area contributed by atoms with Gasteiger partial charge in [0.2, 0.25) is 0 Å². The van der Waals surface area contributed by atoms with E-state index in [0.717, 1.165) is 17.2 Å². The second-order valence-corrected chi connectivity index (χ2v) is 4.10. The Morgan fingerprint density at radius 2 is 1.94 bits per heavy atom. The predicted molar refractivity (Wildman–Crippen MR) is 59.7 cm³/mol. The summed E-state index contributed by atoms with van der Waals surface area (Å²) >= 11 is 0. The number of aromatic amines is 1. The van der Waals surface area contributed by atoms with Gasteiger partial charge in [-0.3, -0.25) is 5.10 Å². The first kappa shape index (κ1) is 10.8. The van der Waals surface area contributed by atoms with E-state index in [4.69, 9.17) is 0 Å². The van der Waals surface area contributed by atoms with Crippen LogP contribution in [0.25, 0.3) is 0 Å². The van der Waals surface area contributed by atoms with Crippen LogP contribution < -0.4 is 0 Å². The Bertz CT molecular complexity index is 459. The maximum absolute atomic E-state index is 12.7. The van der Waals surface area contributed by atoms with Crippen LogP contribution in [0.4, 0.5) is 4.39 Å². The zero-order valence-corrected chi connectivity index (χ0v) is 9.37. The number of nitrogens with zero attached hydrogens (tertiary/aromatic N) is 2. The number of nitrogens with one attached hydrogen (secondary N) is 1. The highest BCUT2D eigenvalue weighted by Gasteiger charge is 2.07. The fourth-order valence-electron chi connectivity index (χ4n) is 1.44. The van der Waals surface area contributed by atoms with Gasteiger partial charge in [-0.05, 0) is 17.7 Å². The maximum atomic E-state index is 12.7. The summed E-state index contributed by atoms with van der Waals surface area (Å²) in [7, 11) is 0. The highest BCUT2D eigenvalue weighted by Crippen LogP contribution is 2.11. The van der Waals surface area contributed by atoms with E-state index in [1.807, 2.05) is 13.8 Å². The number of hydrogen-bond donors (Lipinski definition) is 1. The third-order valence-electron chi connectivity index (χ3n) is 2.35. The monoisotopic (exact) mass is 219 g/mol. The molecule has 2 aromatic rings. The van der Waals surface area contributed by atoms with Crippen molar-refractivity contribution in [1.82, 2.24) is 15.2 Å². The van der Waals surface area contributed by atoms with Gasteiger partial charge in [-0.25, -0.2) is 9.37 Å². The van der Waals surface area contributed by atoms with E-state index < -0.39 is 0 Å². The van der Waals surface area contributed by atoms with Gasteiger partial charge in [-0.1, -0.05) is 26.0 Å². The average Bonchev–Trinajstić information content (AvgIpc) is 2.70. The lowest BCUT2D eigenvalue weighted by atomic mass is 10.1. The molecule has 0 aliphatic carbocycles. The number of rotatable bonds is 3. The van der Waals surface area contributed by atoms with Gasteiger partial charge in [0.05, 0.1) is 0 Å². The SMILES string of the molecule is CC(C)c1n[nH]c(Cc2ccc(F)cc2)n1. The smallest absolute Gasteiger partial charge is 0.153 e. The van der Waals surface area contributed by atoms with Crippen LogP contribution in [0, 0.1) is 5.82 Å². The highest BCUT2D eigenvalue weighted by atomic mass is 19.1. The van der Waals surface area contributed by atoms with E-state index in [2.05, 4.69) is 15.2 Å². The topological polar surface area (TPSA) is 41.6 Å². The molecule has 0 unspecified atom stereocenters. The lowest BCUT2D eigenvalue weighted by Crippen LogP contribution is -1.92. The van der Waals surface area contributed by atoms with Crippen molar-refractivity contribution in [3.63, 3.8) is 0 Å². The summed E-state index contributed by atoms with van der Waals surface area (Å²) in [5.74, 6) is 1.73. The molecule has 0 spiro atoms. The van der Waals surface area contributed by atoms with E-state index in [0.29, 0.717) is 12.3 Å². The summed E-state index contributed by atoms with van der Waals surface area (Å²) in [4.78, 5) is 4.37. The van der Waals surface area contributed by atoms with Gasteiger partial charge in [0, 0.05) is 12.3 Å². The van der Waals surface area contributed by atoms with Crippen LogP contribution in [0.3, 0.4) is 0 Å². The second-order valence-electron chi connectivity index (χ2n) is 4.10. The molecule has 0 amide bonds. The van der Waals surface area contributed by atoms with Crippen molar-refractivity contribution in [3.05, 3.63) is 47.3 Å². The molecular formula is C12H14FN3. The standard InChI is InChI=1S/C12H14FN3/c1-8(2)12-14-11(15-16-12)7-9-3-5-10(13)6-4-9/h3-6,8H,7H2,1-2H3,(H,14,15,16). The molecule has 0 radical (unpaired) electrons. The third-order valence-corrected chi connectivity index (χ3v) is 2.35. The third kappa shape index (κ3) is 2.45. The molecular weight excluding hydrogens is 205 g/mol. The number of aromatic nitrogens is 3. The van der Waals surface area contributed by atoms with Crippen molar-refractivity contribution in [2.24, 2.45) is 0 Å². The first-order valence-corrected chi connectivity index (χ1v) is 5.31. The van der Waals surface area contributed by atoms with Crippen LogP contribution >= 0.6 is 0 Å². The summed E-state index contributed by atoms with van der Waals surface area (Å²) in [5, 5.41) is 7.01. The molecule has 0 aliphatic rings. The van der Waals surface area contributed by atoms with Crippen molar-refractivity contribution in [2.75, 3.05) is 0 Å². The first-order valence-electron chi connectivity index (χ1n) is 5.31. The Labute approximate surface area is 93.7 Å². The molecule has 0 fully saturated rings. The van der Waals surface area contributed by atoms with E-state index in [-0.39, 0.29) is 5.82 Å². The van der Waals surface area contributed by atoms with E-state index in [1.165, 1.54) is 12.1 Å². The van der Waals surface area contributed by atoms with E-state index in [1.54, 1.807) is 12.1 Å². The molecule has 0 bridgehead atoms. The van der Waals surface area contributed by atoms with Crippen LogP contribution in [0.5, 0.6) is 0 Å². The molecule has 1 aromatic heterocycles. The quantitative estimate of drug-likeness (QED) is 0.862. The number of H-pyrrole nitrogens is 1. The van der Waals surface area contributed by atoms with Gasteiger partial charge >= 0.3 is 0 Å². The van der Waals surface area contributed by atoms with Gasteiger partial charge in [-0.2, -0.15) is 5.10 Å². The minimum atomic E-state index is -0.218. The Morgan fingerprint density at radius 1 is 1.25 bits per heavy atom. The molecule has 1 N–H and O–H groups in total. The van der Waals surface area contributed by atoms with Gasteiger partial charge in [-0.15, -0.1) is 0 Å². The van der Waals surface area contributed by atoms with Gasteiger partial charge in [0.15, 0.2) is 5.82 Å². The zero-order valence-electron chi connectivity index (χ0n) is 9.37.